The molecular formula is C11H11FN2O2. The second-order valence-corrected chi connectivity index (χ2v) is 3.59. The normalized spacial score (nSPS) is 10.9. The number of para-hydroxylation sites is 1. The van der Waals surface area contributed by atoms with E-state index < -0.39 is 5.97 Å². The van der Waals surface area contributed by atoms with Crippen LogP contribution in [0.5, 0.6) is 0 Å². The average Bonchev–Trinajstić information content (AvgIpc) is 2.55. The van der Waals surface area contributed by atoms with E-state index in [0.717, 1.165) is 0 Å². The van der Waals surface area contributed by atoms with Gasteiger partial charge in [-0.15, -0.1) is 0 Å². The zero-order chi connectivity index (χ0) is 11.7. The van der Waals surface area contributed by atoms with Gasteiger partial charge in [-0.05, 0) is 12.1 Å². The van der Waals surface area contributed by atoms with Gasteiger partial charge in [0.1, 0.15) is 11.3 Å². The molecule has 0 saturated heterocycles. The summed E-state index contributed by atoms with van der Waals surface area (Å²) in [5, 5.41) is 8.58. The number of rotatable bonds is 3. The molecular weight excluding hydrogens is 211 g/mol. The monoisotopic (exact) mass is 222 g/mol. The molecule has 2 rings (SSSR count). The topological polar surface area (TPSA) is 55.1 Å². The SMILES string of the molecule is Cn1c(CCC(=O)O)nc2c(F)cccc21. The van der Waals surface area contributed by atoms with Crippen molar-refractivity contribution >= 4 is 17.0 Å². The van der Waals surface area contributed by atoms with Crippen LogP contribution in [0, 0.1) is 5.82 Å². The van der Waals surface area contributed by atoms with Crippen LogP contribution >= 0.6 is 0 Å². The molecule has 1 N–H and O–H groups in total. The third-order valence-corrected chi connectivity index (χ3v) is 2.52. The minimum Gasteiger partial charge on any atom is -0.481 e. The number of aromatic nitrogens is 2. The Hall–Kier alpha value is -1.91. The maximum absolute atomic E-state index is 13.4. The lowest BCUT2D eigenvalue weighted by Crippen LogP contribution is -2.03. The van der Waals surface area contributed by atoms with Gasteiger partial charge in [0.05, 0.1) is 11.9 Å². The Morgan fingerprint density at radius 3 is 2.94 bits per heavy atom. The highest BCUT2D eigenvalue weighted by Crippen LogP contribution is 2.18. The Labute approximate surface area is 91.3 Å². The summed E-state index contributed by atoms with van der Waals surface area (Å²) in [5.41, 5.74) is 0.978. The van der Waals surface area contributed by atoms with Crippen LogP contribution in [0.3, 0.4) is 0 Å². The predicted molar refractivity (Wildman–Crippen MR) is 56.6 cm³/mol. The minimum absolute atomic E-state index is 0.00121. The van der Waals surface area contributed by atoms with Crippen molar-refractivity contribution in [1.82, 2.24) is 9.55 Å². The first-order valence-corrected chi connectivity index (χ1v) is 4.91. The quantitative estimate of drug-likeness (QED) is 0.860. The zero-order valence-corrected chi connectivity index (χ0v) is 8.77. The van der Waals surface area contributed by atoms with E-state index in [1.807, 2.05) is 0 Å². The third-order valence-electron chi connectivity index (χ3n) is 2.52. The second-order valence-electron chi connectivity index (χ2n) is 3.59. The summed E-state index contributed by atoms with van der Waals surface area (Å²) in [6, 6.07) is 4.71. The van der Waals surface area contributed by atoms with Gasteiger partial charge in [0, 0.05) is 13.5 Å². The highest BCUT2D eigenvalue weighted by atomic mass is 19.1. The van der Waals surface area contributed by atoms with Crippen LogP contribution in [0.2, 0.25) is 0 Å². The van der Waals surface area contributed by atoms with E-state index >= 15 is 0 Å². The summed E-state index contributed by atoms with van der Waals surface area (Å²) in [5.74, 6) is -0.676. The molecule has 0 atom stereocenters. The molecule has 4 nitrogen and oxygen atoms in total. The molecule has 0 bridgehead atoms. The van der Waals surface area contributed by atoms with Gasteiger partial charge < -0.3 is 9.67 Å². The molecule has 84 valence electrons. The summed E-state index contributed by atoms with van der Waals surface area (Å²) in [6.45, 7) is 0. The van der Waals surface area contributed by atoms with E-state index in [-0.39, 0.29) is 12.2 Å². The fourth-order valence-electron chi connectivity index (χ4n) is 1.67. The molecule has 0 aliphatic rings. The number of hydrogen-bond acceptors (Lipinski definition) is 2. The molecule has 2 aromatic rings. The van der Waals surface area contributed by atoms with Crippen molar-refractivity contribution in [3.63, 3.8) is 0 Å². The molecule has 1 heterocycles. The number of benzene rings is 1. The average molecular weight is 222 g/mol. The van der Waals surface area contributed by atoms with Crippen molar-refractivity contribution < 1.29 is 14.3 Å². The fourth-order valence-corrected chi connectivity index (χ4v) is 1.67. The third kappa shape index (κ3) is 1.76. The summed E-state index contributed by atoms with van der Waals surface area (Å²) >= 11 is 0. The number of halogens is 1. The number of aryl methyl sites for hydroxylation is 2. The van der Waals surface area contributed by atoms with Crippen LogP contribution in [0.15, 0.2) is 18.2 Å². The van der Waals surface area contributed by atoms with Gasteiger partial charge in [-0.1, -0.05) is 6.07 Å². The smallest absolute Gasteiger partial charge is 0.303 e. The highest BCUT2D eigenvalue weighted by Gasteiger charge is 2.11. The lowest BCUT2D eigenvalue weighted by atomic mass is 10.3. The molecule has 5 heteroatoms. The second kappa shape index (κ2) is 3.92. The number of hydrogen-bond donors (Lipinski definition) is 1. The van der Waals surface area contributed by atoms with Crippen LogP contribution in [-0.2, 0) is 18.3 Å². The van der Waals surface area contributed by atoms with E-state index in [0.29, 0.717) is 23.3 Å². The largest absolute Gasteiger partial charge is 0.481 e. The van der Waals surface area contributed by atoms with Crippen LogP contribution in [0.1, 0.15) is 12.2 Å². The number of imidazole rings is 1. The summed E-state index contributed by atoms with van der Waals surface area (Å²) < 4.78 is 15.1. The first kappa shape index (κ1) is 10.6. The number of nitrogens with zero attached hydrogens (tertiary/aromatic N) is 2. The highest BCUT2D eigenvalue weighted by molar-refractivity contribution is 5.76. The van der Waals surface area contributed by atoms with E-state index in [1.165, 1.54) is 6.07 Å². The Bertz CT molecular complexity index is 548. The molecule has 1 aromatic heterocycles. The van der Waals surface area contributed by atoms with E-state index in [1.54, 1.807) is 23.7 Å². The molecule has 0 fully saturated rings. The maximum Gasteiger partial charge on any atom is 0.303 e. The summed E-state index contributed by atoms with van der Waals surface area (Å²) in [7, 11) is 1.76. The first-order chi connectivity index (χ1) is 7.59. The molecule has 0 amide bonds. The van der Waals surface area contributed by atoms with Crippen LogP contribution < -0.4 is 0 Å². The summed E-state index contributed by atoms with van der Waals surface area (Å²) in [4.78, 5) is 14.6. The molecule has 0 saturated carbocycles. The molecule has 0 unspecified atom stereocenters. The number of fused-ring (bicyclic) bond motifs is 1. The Morgan fingerprint density at radius 2 is 2.31 bits per heavy atom. The molecule has 0 aliphatic heterocycles. The number of carbonyl (C=O) groups is 1. The van der Waals surface area contributed by atoms with Crippen molar-refractivity contribution in [2.75, 3.05) is 0 Å². The summed E-state index contributed by atoms with van der Waals surface area (Å²) in [6.07, 6.45) is 0.304. The maximum atomic E-state index is 13.4. The molecule has 0 aliphatic carbocycles. The Morgan fingerprint density at radius 1 is 1.56 bits per heavy atom. The van der Waals surface area contributed by atoms with Crippen LogP contribution in [0.25, 0.3) is 11.0 Å². The van der Waals surface area contributed by atoms with E-state index in [4.69, 9.17) is 5.11 Å². The molecule has 16 heavy (non-hydrogen) atoms. The van der Waals surface area contributed by atoms with Crippen molar-refractivity contribution in [1.29, 1.82) is 0 Å². The van der Waals surface area contributed by atoms with Gasteiger partial charge >= 0.3 is 5.97 Å². The number of carboxylic acid groups (broad SMARTS) is 1. The standard InChI is InChI=1S/C11H11FN2O2/c1-14-8-4-2-3-7(12)11(8)13-9(14)5-6-10(15)16/h2-4H,5-6H2,1H3,(H,15,16). The van der Waals surface area contributed by atoms with Gasteiger partial charge in [-0.2, -0.15) is 0 Å². The van der Waals surface area contributed by atoms with Crippen molar-refractivity contribution in [3.05, 3.63) is 29.8 Å². The zero-order valence-electron chi connectivity index (χ0n) is 8.77. The van der Waals surface area contributed by atoms with E-state index in [9.17, 15) is 9.18 Å². The van der Waals surface area contributed by atoms with Crippen LogP contribution in [0.4, 0.5) is 4.39 Å². The number of carboxylic acids is 1. The minimum atomic E-state index is -0.882. The van der Waals surface area contributed by atoms with Crippen molar-refractivity contribution in [2.24, 2.45) is 7.05 Å². The predicted octanol–water partition coefficient (Wildman–Crippen LogP) is 1.73. The van der Waals surface area contributed by atoms with E-state index in [2.05, 4.69) is 4.98 Å². The number of aliphatic carboxylic acids is 1. The fraction of sp³-hybridized carbons (Fsp3) is 0.273. The van der Waals surface area contributed by atoms with Gasteiger partial charge in [-0.25, -0.2) is 9.37 Å². The van der Waals surface area contributed by atoms with Gasteiger partial charge in [0.2, 0.25) is 0 Å². The molecule has 0 spiro atoms. The van der Waals surface area contributed by atoms with Gasteiger partial charge in [-0.3, -0.25) is 4.79 Å². The lowest BCUT2D eigenvalue weighted by molar-refractivity contribution is -0.137. The first-order valence-electron chi connectivity index (χ1n) is 4.91. The Balaban J connectivity index is 2.44. The molecule has 0 radical (unpaired) electrons. The van der Waals surface area contributed by atoms with Gasteiger partial charge in [0.25, 0.3) is 0 Å². The lowest BCUT2D eigenvalue weighted by Gasteiger charge is -1.99. The van der Waals surface area contributed by atoms with Crippen molar-refractivity contribution in [3.8, 4) is 0 Å². The molecule has 1 aromatic carbocycles. The van der Waals surface area contributed by atoms with Crippen LogP contribution in [-0.4, -0.2) is 20.6 Å². The van der Waals surface area contributed by atoms with Crippen molar-refractivity contribution in [2.45, 2.75) is 12.8 Å². The Kier molecular flexibility index (Phi) is 2.60. The van der Waals surface area contributed by atoms with Gasteiger partial charge in [0.15, 0.2) is 5.82 Å².